The third kappa shape index (κ3) is 2.44. The molecule has 0 aliphatic rings. The topological polar surface area (TPSA) is 43.6 Å². The minimum Gasteiger partial charge on any atom is -0.466 e. The Balaban J connectivity index is 1.93. The molecule has 0 amide bonds. The summed E-state index contributed by atoms with van der Waals surface area (Å²) < 4.78 is 6.97. The molecule has 3 rings (SSSR count). The molecule has 0 fully saturated rings. The van der Waals surface area contributed by atoms with Gasteiger partial charge in [-0.2, -0.15) is 0 Å². The number of carbonyl (C=O) groups is 1. The number of hydrogen-bond donors (Lipinski definition) is 0. The fraction of sp³-hybridized carbons (Fsp3) is 0.200. The Bertz CT molecular complexity index is 731. The van der Waals surface area contributed by atoms with Crippen molar-refractivity contribution in [1.82, 2.24) is 9.38 Å². The average Bonchev–Trinajstić information content (AvgIpc) is 2.99. The molecule has 0 atom stereocenters. The van der Waals surface area contributed by atoms with Crippen molar-refractivity contribution >= 4 is 22.3 Å². The van der Waals surface area contributed by atoms with Crippen LogP contribution in [0.2, 0.25) is 0 Å². The van der Waals surface area contributed by atoms with E-state index >= 15 is 0 Å². The monoisotopic (exact) mass is 286 g/mol. The van der Waals surface area contributed by atoms with E-state index in [1.165, 1.54) is 0 Å². The Hall–Kier alpha value is -2.14. The van der Waals surface area contributed by atoms with E-state index in [2.05, 4.69) is 22.5 Å². The summed E-state index contributed by atoms with van der Waals surface area (Å²) in [6.45, 7) is 2.20. The van der Waals surface area contributed by atoms with Crippen LogP contribution in [0.4, 0.5) is 0 Å². The normalized spacial score (nSPS) is 10.8. The number of thiazole rings is 1. The molecule has 3 aromatic rings. The molecule has 0 aliphatic carbocycles. The molecule has 2 heterocycles. The van der Waals surface area contributed by atoms with Crippen molar-refractivity contribution in [2.24, 2.45) is 0 Å². The predicted octanol–water partition coefficient (Wildman–Crippen LogP) is 3.17. The summed E-state index contributed by atoms with van der Waals surface area (Å²) in [6.07, 6.45) is 2.13. The van der Waals surface area contributed by atoms with Crippen LogP contribution in [-0.4, -0.2) is 22.0 Å². The lowest BCUT2D eigenvalue weighted by Gasteiger charge is -1.99. The molecule has 0 aliphatic heterocycles. The van der Waals surface area contributed by atoms with E-state index < -0.39 is 0 Å². The molecule has 0 bridgehead atoms. The number of benzene rings is 1. The first-order chi connectivity index (χ1) is 9.78. The van der Waals surface area contributed by atoms with Crippen LogP contribution in [0.3, 0.4) is 0 Å². The highest BCUT2D eigenvalue weighted by Crippen LogP contribution is 2.26. The first-order valence-corrected chi connectivity index (χ1v) is 7.32. The lowest BCUT2D eigenvalue weighted by Crippen LogP contribution is -2.07. The lowest BCUT2D eigenvalue weighted by atomic mass is 10.2. The fourth-order valence-corrected chi connectivity index (χ4v) is 2.99. The highest BCUT2D eigenvalue weighted by atomic mass is 32.1. The second-order valence-corrected chi connectivity index (χ2v) is 5.19. The van der Waals surface area contributed by atoms with Crippen LogP contribution < -0.4 is 0 Å². The predicted molar refractivity (Wildman–Crippen MR) is 78.8 cm³/mol. The molecule has 20 heavy (non-hydrogen) atoms. The number of esters is 1. The van der Waals surface area contributed by atoms with Gasteiger partial charge in [0.25, 0.3) is 0 Å². The van der Waals surface area contributed by atoms with Crippen molar-refractivity contribution in [2.45, 2.75) is 13.3 Å². The van der Waals surface area contributed by atoms with Crippen LogP contribution in [0, 0.1) is 0 Å². The summed E-state index contributed by atoms with van der Waals surface area (Å²) in [5.74, 6) is -0.237. The number of hydrogen-bond acceptors (Lipinski definition) is 4. The zero-order valence-corrected chi connectivity index (χ0v) is 11.9. The standard InChI is InChI=1S/C15H14N2O2S/c1-2-19-14(18)8-12-9-17-13(10-20-15(17)16-12)11-6-4-3-5-7-11/h3-7,9-10H,2,8H2,1H3. The van der Waals surface area contributed by atoms with Crippen molar-refractivity contribution in [2.75, 3.05) is 6.61 Å². The van der Waals surface area contributed by atoms with E-state index in [1.807, 2.05) is 28.8 Å². The van der Waals surface area contributed by atoms with Gasteiger partial charge in [-0.3, -0.25) is 9.20 Å². The van der Waals surface area contributed by atoms with Crippen LogP contribution in [-0.2, 0) is 16.0 Å². The third-order valence-corrected chi connectivity index (χ3v) is 3.80. The molecule has 0 radical (unpaired) electrons. The smallest absolute Gasteiger partial charge is 0.311 e. The summed E-state index contributed by atoms with van der Waals surface area (Å²) >= 11 is 1.57. The minimum absolute atomic E-state index is 0.219. The number of aromatic nitrogens is 2. The fourth-order valence-electron chi connectivity index (χ4n) is 2.09. The van der Waals surface area contributed by atoms with Crippen molar-refractivity contribution in [3.63, 3.8) is 0 Å². The van der Waals surface area contributed by atoms with Crippen LogP contribution in [0.25, 0.3) is 16.2 Å². The minimum atomic E-state index is -0.237. The zero-order valence-electron chi connectivity index (χ0n) is 11.1. The van der Waals surface area contributed by atoms with Crippen molar-refractivity contribution in [1.29, 1.82) is 0 Å². The van der Waals surface area contributed by atoms with E-state index in [0.29, 0.717) is 6.61 Å². The third-order valence-electron chi connectivity index (χ3n) is 2.96. The number of nitrogens with zero attached hydrogens (tertiary/aromatic N) is 2. The molecule has 0 N–H and O–H groups in total. The van der Waals surface area contributed by atoms with E-state index in [0.717, 1.165) is 21.9 Å². The molecule has 4 nitrogen and oxygen atoms in total. The molecule has 102 valence electrons. The SMILES string of the molecule is CCOC(=O)Cc1cn2c(-c3ccccc3)csc2n1. The van der Waals surface area contributed by atoms with Crippen molar-refractivity contribution in [3.05, 3.63) is 47.6 Å². The van der Waals surface area contributed by atoms with Gasteiger partial charge in [0.1, 0.15) is 0 Å². The van der Waals surface area contributed by atoms with Crippen molar-refractivity contribution in [3.8, 4) is 11.3 Å². The summed E-state index contributed by atoms with van der Waals surface area (Å²) in [5, 5.41) is 2.08. The van der Waals surface area contributed by atoms with Gasteiger partial charge in [0.15, 0.2) is 4.96 Å². The molecule has 0 saturated carbocycles. The molecule has 0 unspecified atom stereocenters. The highest BCUT2D eigenvalue weighted by Gasteiger charge is 2.12. The van der Waals surface area contributed by atoms with E-state index in [4.69, 9.17) is 4.74 Å². The van der Waals surface area contributed by atoms with Gasteiger partial charge in [0, 0.05) is 11.6 Å². The summed E-state index contributed by atoms with van der Waals surface area (Å²) in [5.41, 5.74) is 2.97. The Morgan fingerprint density at radius 1 is 1.35 bits per heavy atom. The van der Waals surface area contributed by atoms with Gasteiger partial charge in [-0.15, -0.1) is 11.3 Å². The Morgan fingerprint density at radius 3 is 2.90 bits per heavy atom. The molecule has 0 saturated heterocycles. The van der Waals surface area contributed by atoms with Crippen LogP contribution >= 0.6 is 11.3 Å². The molecule has 0 spiro atoms. The molecule has 5 heteroatoms. The van der Waals surface area contributed by atoms with Gasteiger partial charge in [-0.1, -0.05) is 30.3 Å². The second kappa shape index (κ2) is 5.46. The molecular formula is C15H14N2O2S. The van der Waals surface area contributed by atoms with Gasteiger partial charge in [-0.25, -0.2) is 4.98 Å². The van der Waals surface area contributed by atoms with Gasteiger partial charge in [0.2, 0.25) is 0 Å². The lowest BCUT2D eigenvalue weighted by molar-refractivity contribution is -0.142. The summed E-state index contributed by atoms with van der Waals surface area (Å²) in [6, 6.07) is 10.1. The Kier molecular flexibility index (Phi) is 3.52. The van der Waals surface area contributed by atoms with Gasteiger partial charge < -0.3 is 4.74 Å². The number of imidazole rings is 1. The maximum absolute atomic E-state index is 11.5. The first kappa shape index (κ1) is 12.9. The van der Waals surface area contributed by atoms with Crippen molar-refractivity contribution < 1.29 is 9.53 Å². The number of carbonyl (C=O) groups excluding carboxylic acids is 1. The van der Waals surface area contributed by atoms with E-state index in [9.17, 15) is 4.79 Å². The molecule has 1 aromatic carbocycles. The Morgan fingerprint density at radius 2 is 2.15 bits per heavy atom. The Labute approximate surface area is 120 Å². The average molecular weight is 286 g/mol. The largest absolute Gasteiger partial charge is 0.466 e. The first-order valence-electron chi connectivity index (χ1n) is 6.44. The second-order valence-electron chi connectivity index (χ2n) is 4.35. The zero-order chi connectivity index (χ0) is 13.9. The quantitative estimate of drug-likeness (QED) is 0.692. The van der Waals surface area contributed by atoms with E-state index in [1.54, 1.807) is 18.3 Å². The summed E-state index contributed by atoms with van der Waals surface area (Å²) in [7, 11) is 0. The van der Waals surface area contributed by atoms with E-state index in [-0.39, 0.29) is 12.4 Å². The maximum atomic E-state index is 11.5. The highest BCUT2D eigenvalue weighted by molar-refractivity contribution is 7.15. The van der Waals surface area contributed by atoms with Crippen LogP contribution in [0.5, 0.6) is 0 Å². The van der Waals surface area contributed by atoms with Gasteiger partial charge in [0.05, 0.1) is 24.4 Å². The van der Waals surface area contributed by atoms with Gasteiger partial charge >= 0.3 is 5.97 Å². The number of rotatable bonds is 4. The van der Waals surface area contributed by atoms with Crippen LogP contribution in [0.15, 0.2) is 41.9 Å². The number of fused-ring (bicyclic) bond motifs is 1. The molecule has 2 aromatic heterocycles. The number of ether oxygens (including phenoxy) is 1. The van der Waals surface area contributed by atoms with Gasteiger partial charge in [-0.05, 0) is 12.5 Å². The maximum Gasteiger partial charge on any atom is 0.311 e. The molecular weight excluding hydrogens is 272 g/mol. The summed E-state index contributed by atoms with van der Waals surface area (Å²) in [4.78, 5) is 16.9. The van der Waals surface area contributed by atoms with Crippen LogP contribution in [0.1, 0.15) is 12.6 Å².